The Morgan fingerprint density at radius 1 is 0.481 bits per heavy atom. The van der Waals surface area contributed by atoms with E-state index in [1.165, 1.54) is 24.3 Å². The molecule has 54 heavy (non-hydrogen) atoms. The molecule has 0 unspecified atom stereocenters. The average Bonchev–Trinajstić information content (AvgIpc) is 3.80. The highest BCUT2D eigenvalue weighted by atomic mass is 19.1. The van der Waals surface area contributed by atoms with Crippen molar-refractivity contribution in [2.75, 3.05) is 0 Å². The lowest BCUT2D eigenvalue weighted by Crippen LogP contribution is -2.20. The van der Waals surface area contributed by atoms with Crippen LogP contribution in [-0.4, -0.2) is 22.2 Å². The monoisotopic (exact) mass is 716 g/mol. The van der Waals surface area contributed by atoms with E-state index >= 15 is 0 Å². The second kappa shape index (κ2) is 16.4. The van der Waals surface area contributed by atoms with Crippen molar-refractivity contribution in [3.63, 3.8) is 0 Å². The molecule has 4 atom stereocenters. The molecule has 0 saturated carbocycles. The molecule has 2 amide bonds. The number of nitrogens with zero attached hydrogens (tertiary/aromatic N) is 2. The summed E-state index contributed by atoms with van der Waals surface area (Å²) in [5.41, 5.74) is 6.05. The fourth-order valence-electron chi connectivity index (χ4n) is 5.85. The number of nitrogens with one attached hydrogen (secondary N) is 2. The lowest BCUT2D eigenvalue weighted by atomic mass is 9.99. The van der Waals surface area contributed by atoms with Gasteiger partial charge in [-0.2, -0.15) is 0 Å². The Morgan fingerprint density at radius 3 is 1.24 bits per heavy atom. The van der Waals surface area contributed by atoms with Gasteiger partial charge in [-0.15, -0.1) is 0 Å². The third-order valence-corrected chi connectivity index (χ3v) is 8.47. The van der Waals surface area contributed by atoms with Crippen molar-refractivity contribution < 1.29 is 27.8 Å². The van der Waals surface area contributed by atoms with E-state index in [1.807, 2.05) is 84.9 Å². The van der Waals surface area contributed by atoms with Crippen LogP contribution >= 0.6 is 0 Å². The molecule has 4 aromatic carbocycles. The van der Waals surface area contributed by atoms with Crippen LogP contribution in [0.5, 0.6) is 0 Å². The van der Waals surface area contributed by atoms with E-state index in [1.54, 1.807) is 36.7 Å². The molecule has 6 aromatic rings. The van der Waals surface area contributed by atoms with Gasteiger partial charge in [0.2, 0.25) is 0 Å². The standard InChI is InChI=1S/2C22H15FN2O2/c2*23-18-10-8-17(9-11-18)21-20(25-22(26)27-21)19-14-16(12-13-24-19)7-6-15-4-2-1-3-5-15/h2*1-5,8-14,20-21H,(H,25,26)/t2*20-,21-/m10/s1. The first-order chi connectivity index (χ1) is 26.4. The number of carbonyl (C=O) groups is 2. The van der Waals surface area contributed by atoms with Crippen LogP contribution < -0.4 is 10.6 Å². The van der Waals surface area contributed by atoms with Gasteiger partial charge in [0.05, 0.1) is 11.4 Å². The third kappa shape index (κ3) is 8.76. The minimum atomic E-state index is -0.581. The van der Waals surface area contributed by atoms with Crippen LogP contribution in [0.3, 0.4) is 0 Å². The van der Waals surface area contributed by atoms with Gasteiger partial charge >= 0.3 is 12.2 Å². The topological polar surface area (TPSA) is 102 Å². The van der Waals surface area contributed by atoms with Gasteiger partial charge in [0.1, 0.15) is 23.7 Å². The number of rotatable bonds is 4. The summed E-state index contributed by atoms with van der Waals surface area (Å²) in [6, 6.07) is 37.4. The second-order valence-corrected chi connectivity index (χ2v) is 12.2. The quantitative estimate of drug-likeness (QED) is 0.178. The van der Waals surface area contributed by atoms with Crippen molar-refractivity contribution in [1.82, 2.24) is 20.6 Å². The predicted octanol–water partition coefficient (Wildman–Crippen LogP) is 8.29. The van der Waals surface area contributed by atoms with Gasteiger partial charge < -0.3 is 20.1 Å². The van der Waals surface area contributed by atoms with Crippen LogP contribution in [0, 0.1) is 35.3 Å². The van der Waals surface area contributed by atoms with Crippen LogP contribution in [0.15, 0.2) is 146 Å². The van der Waals surface area contributed by atoms with Crippen molar-refractivity contribution in [3.05, 3.63) is 202 Å². The SMILES string of the molecule is O=C1N[C@@H](c2cc(C#Cc3ccccc3)ccn2)[C@H](c2ccc(F)cc2)O1.O=C1N[C@H](c2cc(C#Cc3ccccc3)ccn2)[C@@H](c2ccc(F)cc2)O1. The van der Waals surface area contributed by atoms with E-state index in [2.05, 4.69) is 44.3 Å². The first kappa shape index (κ1) is 35.1. The van der Waals surface area contributed by atoms with Crippen molar-refractivity contribution >= 4 is 12.2 Å². The molecular formula is C44H30F2N4O4. The van der Waals surface area contributed by atoms with E-state index in [4.69, 9.17) is 9.47 Å². The van der Waals surface area contributed by atoms with Crippen molar-refractivity contribution in [1.29, 1.82) is 0 Å². The maximum absolute atomic E-state index is 13.2. The highest BCUT2D eigenvalue weighted by Gasteiger charge is 2.38. The van der Waals surface area contributed by atoms with Crippen LogP contribution in [0.1, 0.15) is 69.1 Å². The maximum Gasteiger partial charge on any atom is 0.408 e. The minimum absolute atomic E-state index is 0.344. The Morgan fingerprint density at radius 2 is 0.852 bits per heavy atom. The summed E-state index contributed by atoms with van der Waals surface area (Å²) >= 11 is 0. The van der Waals surface area contributed by atoms with Crippen LogP contribution in [0.4, 0.5) is 18.4 Å². The number of amides is 2. The molecule has 2 aliphatic rings. The molecule has 264 valence electrons. The molecule has 2 fully saturated rings. The van der Waals surface area contributed by atoms with E-state index in [0.29, 0.717) is 22.5 Å². The van der Waals surface area contributed by atoms with Crippen LogP contribution in [0.25, 0.3) is 0 Å². The second-order valence-electron chi connectivity index (χ2n) is 12.2. The molecule has 2 N–H and O–H groups in total. The lowest BCUT2D eigenvalue weighted by Gasteiger charge is -2.17. The summed E-state index contributed by atoms with van der Waals surface area (Å²) in [4.78, 5) is 32.4. The Kier molecular flexibility index (Phi) is 10.6. The number of ether oxygens (including phenoxy) is 2. The fourth-order valence-corrected chi connectivity index (χ4v) is 5.85. The molecule has 0 bridgehead atoms. The smallest absolute Gasteiger partial charge is 0.408 e. The van der Waals surface area contributed by atoms with Gasteiger partial charge in [-0.05, 0) is 83.9 Å². The Hall–Kier alpha value is -7.30. The van der Waals surface area contributed by atoms with E-state index in [0.717, 1.165) is 22.3 Å². The number of cyclic esters (lactones) is 2. The zero-order valence-electron chi connectivity index (χ0n) is 28.4. The zero-order chi connectivity index (χ0) is 37.3. The molecule has 0 aliphatic carbocycles. The van der Waals surface area contributed by atoms with Crippen molar-refractivity contribution in [2.24, 2.45) is 0 Å². The molecule has 10 heteroatoms. The number of hydrogen-bond acceptors (Lipinski definition) is 6. The fraction of sp³-hybridized carbons (Fsp3) is 0.0909. The summed E-state index contributed by atoms with van der Waals surface area (Å²) in [6.45, 7) is 0. The molecule has 8 rings (SSSR count). The molecule has 4 heterocycles. The Balaban J connectivity index is 0.000000167. The molecular weight excluding hydrogens is 687 g/mol. The molecule has 0 spiro atoms. The van der Waals surface area contributed by atoms with Crippen LogP contribution in [0.2, 0.25) is 0 Å². The number of alkyl carbamates (subject to hydrolysis) is 2. The molecule has 8 nitrogen and oxygen atoms in total. The van der Waals surface area contributed by atoms with E-state index < -0.39 is 36.5 Å². The van der Waals surface area contributed by atoms with E-state index in [9.17, 15) is 18.4 Å². The first-order valence-electron chi connectivity index (χ1n) is 16.9. The minimum Gasteiger partial charge on any atom is -0.439 e. The lowest BCUT2D eigenvalue weighted by molar-refractivity contribution is 0.131. The van der Waals surface area contributed by atoms with Gasteiger partial charge in [0, 0.05) is 34.6 Å². The molecule has 2 aromatic heterocycles. The van der Waals surface area contributed by atoms with Crippen molar-refractivity contribution in [2.45, 2.75) is 24.3 Å². The number of pyridine rings is 2. The highest BCUT2D eigenvalue weighted by Crippen LogP contribution is 2.37. The molecule has 2 aliphatic heterocycles. The summed E-state index contributed by atoms with van der Waals surface area (Å²) in [7, 11) is 0. The normalized spacial score (nSPS) is 18.2. The van der Waals surface area contributed by atoms with Gasteiger partial charge in [0.15, 0.2) is 12.2 Å². The maximum atomic E-state index is 13.2. The predicted molar refractivity (Wildman–Crippen MR) is 196 cm³/mol. The number of carbonyl (C=O) groups excluding carboxylic acids is 2. The summed E-state index contributed by atoms with van der Waals surface area (Å²) < 4.78 is 37.1. The van der Waals surface area contributed by atoms with Crippen LogP contribution in [-0.2, 0) is 9.47 Å². The molecule has 2 saturated heterocycles. The molecule has 0 radical (unpaired) electrons. The highest BCUT2D eigenvalue weighted by molar-refractivity contribution is 5.71. The first-order valence-corrected chi connectivity index (χ1v) is 16.9. The Labute approximate surface area is 310 Å². The Bertz CT molecular complexity index is 2220. The van der Waals surface area contributed by atoms with E-state index in [-0.39, 0.29) is 11.6 Å². The number of aromatic nitrogens is 2. The zero-order valence-corrected chi connectivity index (χ0v) is 28.4. The van der Waals surface area contributed by atoms with Gasteiger partial charge in [-0.3, -0.25) is 9.97 Å². The summed E-state index contributed by atoms with van der Waals surface area (Å²) in [5.74, 6) is 11.7. The average molecular weight is 717 g/mol. The van der Waals surface area contributed by atoms with Gasteiger partial charge in [-0.25, -0.2) is 18.4 Å². The van der Waals surface area contributed by atoms with Crippen molar-refractivity contribution in [3.8, 4) is 23.7 Å². The largest absolute Gasteiger partial charge is 0.439 e. The summed E-state index contributed by atoms with van der Waals surface area (Å²) in [6.07, 6.45) is 1.08. The van der Waals surface area contributed by atoms with Gasteiger partial charge in [0.25, 0.3) is 0 Å². The number of benzene rings is 4. The third-order valence-electron chi connectivity index (χ3n) is 8.47. The number of halogens is 2. The van der Waals surface area contributed by atoms with Gasteiger partial charge in [-0.1, -0.05) is 84.3 Å². The number of hydrogen-bond donors (Lipinski definition) is 2. The summed E-state index contributed by atoms with van der Waals surface area (Å²) in [5, 5.41) is 5.54.